The van der Waals surface area contributed by atoms with Gasteiger partial charge in [0.25, 0.3) is 0 Å². The van der Waals surface area contributed by atoms with Crippen LogP contribution in [-0.4, -0.2) is 64.5 Å². The molecule has 0 spiro atoms. The Morgan fingerprint density at radius 1 is 1.19 bits per heavy atom. The maximum absolute atomic E-state index is 12.5. The van der Waals surface area contributed by atoms with Gasteiger partial charge in [-0.3, -0.25) is 9.69 Å². The molecule has 6 nitrogen and oxygen atoms in total. The zero-order valence-electron chi connectivity index (χ0n) is 15.8. The van der Waals surface area contributed by atoms with Crippen LogP contribution in [0.25, 0.3) is 11.0 Å². The van der Waals surface area contributed by atoms with Gasteiger partial charge in [0.2, 0.25) is 5.91 Å². The smallest absolute Gasteiger partial charge is 0.223 e. The van der Waals surface area contributed by atoms with Crippen LogP contribution in [0.4, 0.5) is 0 Å². The lowest BCUT2D eigenvalue weighted by Crippen LogP contribution is -2.47. The van der Waals surface area contributed by atoms with E-state index in [-0.39, 0.29) is 30.7 Å². The van der Waals surface area contributed by atoms with Gasteiger partial charge in [0.15, 0.2) is 0 Å². The molecule has 1 atom stereocenters. The number of aryl methyl sites for hydroxylation is 1. The lowest BCUT2D eigenvalue weighted by atomic mass is 10.2. The molecule has 1 N–H and O–H groups in total. The number of hydrogen-bond acceptors (Lipinski definition) is 4. The van der Waals surface area contributed by atoms with Crippen LogP contribution >= 0.6 is 24.8 Å². The number of para-hydroxylation sites is 2. The van der Waals surface area contributed by atoms with E-state index in [1.54, 1.807) is 0 Å². The number of halogens is 2. The number of benzene rings is 1. The average molecular weight is 414 g/mol. The number of likely N-dealkylation sites (tertiary alicyclic amines) is 1. The van der Waals surface area contributed by atoms with E-state index in [1.165, 1.54) is 11.9 Å². The van der Waals surface area contributed by atoms with Gasteiger partial charge in [-0.05, 0) is 31.5 Å². The topological polar surface area (TPSA) is 53.4 Å². The van der Waals surface area contributed by atoms with E-state index in [9.17, 15) is 4.79 Å². The number of fused-ring (bicyclic) bond motifs is 1. The number of piperazine rings is 1. The fourth-order valence-corrected chi connectivity index (χ4v) is 4.16. The second-order valence-electron chi connectivity index (χ2n) is 7.09. The lowest BCUT2D eigenvalue weighted by Gasteiger charge is -2.29. The van der Waals surface area contributed by atoms with Crippen molar-refractivity contribution in [1.29, 1.82) is 0 Å². The molecule has 1 amide bonds. The first-order chi connectivity index (χ1) is 12.2. The molecule has 0 radical (unpaired) electrons. The molecule has 2 aliphatic rings. The third-order valence-corrected chi connectivity index (χ3v) is 5.57. The van der Waals surface area contributed by atoms with Gasteiger partial charge in [0.1, 0.15) is 5.82 Å². The lowest BCUT2D eigenvalue weighted by molar-refractivity contribution is -0.132. The summed E-state index contributed by atoms with van der Waals surface area (Å²) >= 11 is 0. The molecule has 3 heterocycles. The summed E-state index contributed by atoms with van der Waals surface area (Å²) in [6.07, 6.45) is 2.91. The molecule has 2 saturated heterocycles. The highest BCUT2D eigenvalue weighted by Gasteiger charge is 2.30. The molecular weight excluding hydrogens is 385 g/mol. The van der Waals surface area contributed by atoms with Crippen LogP contribution in [-0.2, 0) is 11.8 Å². The maximum atomic E-state index is 12.5. The first kappa shape index (κ1) is 22.0. The molecule has 2 aromatic rings. The van der Waals surface area contributed by atoms with E-state index in [0.29, 0.717) is 12.5 Å². The standard InChI is InChI=1S/C19H27N5O.2ClH/c1-22-16-6-3-2-5-15(16)21-19(22)17-7-4-11-23(17)12-8-18(25)24-13-9-20-10-14-24;;/h2-3,5-6,17,20H,4,7-14H2,1H3;2*1H. The van der Waals surface area contributed by atoms with Gasteiger partial charge >= 0.3 is 0 Å². The minimum absolute atomic E-state index is 0. The summed E-state index contributed by atoms with van der Waals surface area (Å²) in [5.41, 5.74) is 2.24. The number of nitrogens with one attached hydrogen (secondary N) is 1. The van der Waals surface area contributed by atoms with Gasteiger partial charge in [-0.1, -0.05) is 12.1 Å². The number of aromatic nitrogens is 2. The molecule has 27 heavy (non-hydrogen) atoms. The van der Waals surface area contributed by atoms with E-state index in [2.05, 4.69) is 40.0 Å². The van der Waals surface area contributed by atoms with Crippen LogP contribution in [0.3, 0.4) is 0 Å². The monoisotopic (exact) mass is 413 g/mol. The number of imidazole rings is 1. The fraction of sp³-hybridized carbons (Fsp3) is 0.579. The summed E-state index contributed by atoms with van der Waals surface area (Å²) in [6.45, 7) is 5.40. The van der Waals surface area contributed by atoms with Crippen molar-refractivity contribution in [3.05, 3.63) is 30.1 Å². The van der Waals surface area contributed by atoms with Crippen LogP contribution < -0.4 is 5.32 Å². The van der Waals surface area contributed by atoms with Gasteiger partial charge in [-0.15, -0.1) is 24.8 Å². The predicted molar refractivity (Wildman–Crippen MR) is 113 cm³/mol. The molecule has 4 rings (SSSR count). The molecule has 0 bridgehead atoms. The molecule has 1 aromatic carbocycles. The molecule has 8 heteroatoms. The zero-order chi connectivity index (χ0) is 17.2. The highest BCUT2D eigenvalue weighted by atomic mass is 35.5. The fourth-order valence-electron chi connectivity index (χ4n) is 4.16. The number of carbonyl (C=O) groups excluding carboxylic acids is 1. The number of hydrogen-bond donors (Lipinski definition) is 1. The van der Waals surface area contributed by atoms with Gasteiger partial charge in [-0.2, -0.15) is 0 Å². The van der Waals surface area contributed by atoms with Crippen molar-refractivity contribution in [1.82, 2.24) is 24.7 Å². The SMILES string of the molecule is Cl.Cl.Cn1c(C2CCCN2CCC(=O)N2CCNCC2)nc2ccccc21. The predicted octanol–water partition coefficient (Wildman–Crippen LogP) is 2.38. The van der Waals surface area contributed by atoms with Crippen molar-refractivity contribution < 1.29 is 4.79 Å². The Kier molecular flexibility index (Phi) is 7.91. The van der Waals surface area contributed by atoms with Gasteiger partial charge < -0.3 is 14.8 Å². The van der Waals surface area contributed by atoms with Gasteiger partial charge in [-0.25, -0.2) is 4.98 Å². The molecule has 1 aromatic heterocycles. The summed E-state index contributed by atoms with van der Waals surface area (Å²) in [7, 11) is 2.10. The second kappa shape index (κ2) is 9.73. The van der Waals surface area contributed by atoms with Crippen LogP contribution in [0.2, 0.25) is 0 Å². The quantitative estimate of drug-likeness (QED) is 0.835. The molecular formula is C19H29Cl2N5O. The van der Waals surface area contributed by atoms with Gasteiger partial charge in [0, 0.05) is 46.2 Å². The molecule has 150 valence electrons. The summed E-state index contributed by atoms with van der Waals surface area (Å²) in [4.78, 5) is 21.8. The largest absolute Gasteiger partial charge is 0.340 e. The number of nitrogens with zero attached hydrogens (tertiary/aromatic N) is 4. The molecule has 1 unspecified atom stereocenters. The first-order valence-corrected chi connectivity index (χ1v) is 9.38. The second-order valence-corrected chi connectivity index (χ2v) is 7.09. The molecule has 2 aliphatic heterocycles. The van der Waals surface area contributed by atoms with Crippen LogP contribution in [0.1, 0.15) is 31.1 Å². The van der Waals surface area contributed by atoms with Crippen molar-refractivity contribution in [2.45, 2.75) is 25.3 Å². The Bertz CT molecular complexity index is 760. The summed E-state index contributed by atoms with van der Waals surface area (Å²) in [6, 6.07) is 8.63. The van der Waals surface area contributed by atoms with Crippen molar-refractivity contribution in [3.8, 4) is 0 Å². The Labute approximate surface area is 173 Å². The Morgan fingerprint density at radius 3 is 2.67 bits per heavy atom. The Hall–Kier alpha value is -1.34. The third-order valence-electron chi connectivity index (χ3n) is 5.57. The Balaban J connectivity index is 0.00000131. The van der Waals surface area contributed by atoms with E-state index in [1.807, 2.05) is 11.0 Å². The zero-order valence-corrected chi connectivity index (χ0v) is 17.4. The van der Waals surface area contributed by atoms with Crippen molar-refractivity contribution >= 4 is 41.8 Å². The average Bonchev–Trinajstić information content (AvgIpc) is 3.25. The molecule has 0 saturated carbocycles. The van der Waals surface area contributed by atoms with Crippen molar-refractivity contribution in [2.75, 3.05) is 39.3 Å². The minimum Gasteiger partial charge on any atom is -0.340 e. The van der Waals surface area contributed by atoms with E-state index >= 15 is 0 Å². The highest BCUT2D eigenvalue weighted by molar-refractivity contribution is 5.85. The van der Waals surface area contributed by atoms with Gasteiger partial charge in [0.05, 0.1) is 17.1 Å². The van der Waals surface area contributed by atoms with Crippen molar-refractivity contribution in [3.63, 3.8) is 0 Å². The van der Waals surface area contributed by atoms with Crippen LogP contribution in [0.15, 0.2) is 24.3 Å². The Morgan fingerprint density at radius 2 is 1.93 bits per heavy atom. The summed E-state index contributed by atoms with van der Waals surface area (Å²) in [5.74, 6) is 1.42. The molecule has 2 fully saturated rings. The normalized spacial score (nSPS) is 20.3. The number of carbonyl (C=O) groups is 1. The van der Waals surface area contributed by atoms with E-state index in [0.717, 1.165) is 57.0 Å². The third kappa shape index (κ3) is 4.57. The van der Waals surface area contributed by atoms with Crippen LogP contribution in [0, 0.1) is 0 Å². The number of amides is 1. The first-order valence-electron chi connectivity index (χ1n) is 9.38. The van der Waals surface area contributed by atoms with E-state index < -0.39 is 0 Å². The minimum atomic E-state index is 0. The summed E-state index contributed by atoms with van der Waals surface area (Å²) < 4.78 is 2.22. The number of rotatable bonds is 4. The maximum Gasteiger partial charge on any atom is 0.223 e. The highest BCUT2D eigenvalue weighted by Crippen LogP contribution is 2.32. The summed E-state index contributed by atoms with van der Waals surface area (Å²) in [5, 5.41) is 3.30. The van der Waals surface area contributed by atoms with Crippen molar-refractivity contribution in [2.24, 2.45) is 7.05 Å². The van der Waals surface area contributed by atoms with E-state index in [4.69, 9.17) is 4.98 Å². The molecule has 0 aliphatic carbocycles. The van der Waals surface area contributed by atoms with Crippen LogP contribution in [0.5, 0.6) is 0 Å².